The standard InChI is InChI=1S/C15H33N3/c1-7-8-14(11-16-15(3,4)5)18-10-9-17(6)13(2)12-18/h13-14,16H,7-12H2,1-6H3. The van der Waals surface area contributed by atoms with Gasteiger partial charge in [0.1, 0.15) is 0 Å². The van der Waals surface area contributed by atoms with Crippen LogP contribution in [0.5, 0.6) is 0 Å². The average Bonchev–Trinajstić information content (AvgIpc) is 2.27. The van der Waals surface area contributed by atoms with Crippen molar-refractivity contribution < 1.29 is 0 Å². The molecule has 0 spiro atoms. The van der Waals surface area contributed by atoms with Crippen molar-refractivity contribution >= 4 is 0 Å². The van der Waals surface area contributed by atoms with Gasteiger partial charge in [0.25, 0.3) is 0 Å². The summed E-state index contributed by atoms with van der Waals surface area (Å²) in [5.41, 5.74) is 0.226. The Morgan fingerprint density at radius 2 is 1.94 bits per heavy atom. The molecule has 0 radical (unpaired) electrons. The van der Waals surface area contributed by atoms with Gasteiger partial charge in [-0.3, -0.25) is 4.90 Å². The first kappa shape index (κ1) is 15.9. The second-order valence-corrected chi connectivity index (χ2v) is 6.90. The summed E-state index contributed by atoms with van der Waals surface area (Å²) in [6.07, 6.45) is 2.58. The summed E-state index contributed by atoms with van der Waals surface area (Å²) < 4.78 is 0. The molecule has 1 N–H and O–H groups in total. The molecule has 0 bridgehead atoms. The summed E-state index contributed by atoms with van der Waals surface area (Å²) in [6, 6.07) is 1.39. The van der Waals surface area contributed by atoms with Crippen molar-refractivity contribution in [1.82, 2.24) is 15.1 Å². The Hall–Kier alpha value is -0.120. The number of likely N-dealkylation sites (N-methyl/N-ethyl adjacent to an activating group) is 1. The zero-order valence-corrected chi connectivity index (χ0v) is 13.3. The van der Waals surface area contributed by atoms with Gasteiger partial charge in [-0.2, -0.15) is 0 Å². The van der Waals surface area contributed by atoms with Crippen LogP contribution in [0.1, 0.15) is 47.5 Å². The van der Waals surface area contributed by atoms with Crippen LogP contribution in [0.3, 0.4) is 0 Å². The van der Waals surface area contributed by atoms with Crippen LogP contribution in [0.2, 0.25) is 0 Å². The van der Waals surface area contributed by atoms with Crippen LogP contribution in [-0.4, -0.2) is 60.6 Å². The van der Waals surface area contributed by atoms with E-state index < -0.39 is 0 Å². The zero-order valence-electron chi connectivity index (χ0n) is 13.3. The summed E-state index contributed by atoms with van der Waals surface area (Å²) in [6.45, 7) is 16.2. The highest BCUT2D eigenvalue weighted by Crippen LogP contribution is 2.14. The Morgan fingerprint density at radius 1 is 1.28 bits per heavy atom. The second-order valence-electron chi connectivity index (χ2n) is 6.90. The molecule has 18 heavy (non-hydrogen) atoms. The molecule has 1 rings (SSSR count). The summed E-state index contributed by atoms with van der Waals surface area (Å²) in [7, 11) is 2.24. The minimum absolute atomic E-state index is 0.226. The number of hydrogen-bond donors (Lipinski definition) is 1. The number of hydrogen-bond acceptors (Lipinski definition) is 3. The van der Waals surface area contributed by atoms with Gasteiger partial charge < -0.3 is 10.2 Å². The van der Waals surface area contributed by atoms with E-state index >= 15 is 0 Å². The van der Waals surface area contributed by atoms with E-state index in [1.54, 1.807) is 0 Å². The molecule has 0 aromatic rings. The molecular formula is C15H33N3. The quantitative estimate of drug-likeness (QED) is 0.812. The molecular weight excluding hydrogens is 222 g/mol. The largest absolute Gasteiger partial charge is 0.311 e. The minimum Gasteiger partial charge on any atom is -0.311 e. The summed E-state index contributed by atoms with van der Waals surface area (Å²) in [5.74, 6) is 0. The maximum absolute atomic E-state index is 3.67. The minimum atomic E-state index is 0.226. The Labute approximate surface area is 114 Å². The van der Waals surface area contributed by atoms with Gasteiger partial charge in [0.2, 0.25) is 0 Å². The highest BCUT2D eigenvalue weighted by molar-refractivity contribution is 4.84. The molecule has 0 aromatic carbocycles. The molecule has 1 fully saturated rings. The molecule has 1 heterocycles. The molecule has 2 unspecified atom stereocenters. The van der Waals surface area contributed by atoms with Crippen molar-refractivity contribution in [2.75, 3.05) is 33.2 Å². The molecule has 1 aliphatic heterocycles. The molecule has 1 aliphatic rings. The van der Waals surface area contributed by atoms with Crippen LogP contribution in [0, 0.1) is 0 Å². The van der Waals surface area contributed by atoms with E-state index in [1.807, 2.05) is 0 Å². The summed E-state index contributed by atoms with van der Waals surface area (Å²) in [4.78, 5) is 5.16. The van der Waals surface area contributed by atoms with Crippen molar-refractivity contribution in [3.05, 3.63) is 0 Å². The topological polar surface area (TPSA) is 18.5 Å². The Kier molecular flexibility index (Phi) is 6.09. The van der Waals surface area contributed by atoms with Gasteiger partial charge >= 0.3 is 0 Å². The highest BCUT2D eigenvalue weighted by atomic mass is 15.3. The van der Waals surface area contributed by atoms with Gasteiger partial charge in [-0.25, -0.2) is 0 Å². The lowest BCUT2D eigenvalue weighted by molar-refractivity contribution is 0.0656. The number of nitrogens with one attached hydrogen (secondary N) is 1. The van der Waals surface area contributed by atoms with Gasteiger partial charge in [-0.05, 0) is 41.2 Å². The molecule has 0 aromatic heterocycles. The summed E-state index contributed by atoms with van der Waals surface area (Å²) >= 11 is 0. The van der Waals surface area contributed by atoms with E-state index in [0.717, 1.165) is 6.54 Å². The lowest BCUT2D eigenvalue weighted by Crippen LogP contribution is -2.56. The Morgan fingerprint density at radius 3 is 2.44 bits per heavy atom. The van der Waals surface area contributed by atoms with E-state index in [0.29, 0.717) is 12.1 Å². The maximum atomic E-state index is 3.67. The molecule has 3 heteroatoms. The van der Waals surface area contributed by atoms with Crippen LogP contribution in [-0.2, 0) is 0 Å². The number of piperazine rings is 1. The fourth-order valence-corrected chi connectivity index (χ4v) is 2.58. The Bertz CT molecular complexity index is 234. The maximum Gasteiger partial charge on any atom is 0.0221 e. The predicted molar refractivity (Wildman–Crippen MR) is 80.1 cm³/mol. The first-order valence-corrected chi connectivity index (χ1v) is 7.53. The SMILES string of the molecule is CCCC(CNC(C)(C)C)N1CCN(C)C(C)C1. The summed E-state index contributed by atoms with van der Waals surface area (Å²) in [5, 5.41) is 3.67. The van der Waals surface area contributed by atoms with Crippen LogP contribution in [0.25, 0.3) is 0 Å². The second kappa shape index (κ2) is 6.88. The van der Waals surface area contributed by atoms with Crippen LogP contribution in [0.15, 0.2) is 0 Å². The van der Waals surface area contributed by atoms with E-state index in [9.17, 15) is 0 Å². The lowest BCUT2D eigenvalue weighted by atomic mass is 10.0. The smallest absolute Gasteiger partial charge is 0.0221 e. The van der Waals surface area contributed by atoms with E-state index in [1.165, 1.54) is 32.5 Å². The van der Waals surface area contributed by atoms with Crippen LogP contribution >= 0.6 is 0 Å². The zero-order chi connectivity index (χ0) is 13.8. The van der Waals surface area contributed by atoms with Gasteiger partial charge in [0, 0.05) is 43.8 Å². The molecule has 108 valence electrons. The predicted octanol–water partition coefficient (Wildman–Crippen LogP) is 2.18. The fourth-order valence-electron chi connectivity index (χ4n) is 2.58. The third-order valence-electron chi connectivity index (χ3n) is 4.00. The third-order valence-corrected chi connectivity index (χ3v) is 4.00. The van der Waals surface area contributed by atoms with Crippen molar-refractivity contribution in [1.29, 1.82) is 0 Å². The lowest BCUT2D eigenvalue weighted by Gasteiger charge is -2.42. The van der Waals surface area contributed by atoms with Crippen molar-refractivity contribution in [3.63, 3.8) is 0 Å². The van der Waals surface area contributed by atoms with Crippen molar-refractivity contribution in [3.8, 4) is 0 Å². The van der Waals surface area contributed by atoms with Crippen molar-refractivity contribution in [2.24, 2.45) is 0 Å². The van der Waals surface area contributed by atoms with Gasteiger partial charge in [0.05, 0.1) is 0 Å². The monoisotopic (exact) mass is 255 g/mol. The number of rotatable bonds is 5. The highest BCUT2D eigenvalue weighted by Gasteiger charge is 2.26. The molecule has 0 aliphatic carbocycles. The first-order chi connectivity index (χ1) is 8.33. The molecule has 0 amide bonds. The van der Waals surface area contributed by atoms with E-state index in [-0.39, 0.29) is 5.54 Å². The van der Waals surface area contributed by atoms with E-state index in [4.69, 9.17) is 0 Å². The normalized spacial score (nSPS) is 25.3. The average molecular weight is 255 g/mol. The molecule has 3 nitrogen and oxygen atoms in total. The Balaban J connectivity index is 2.50. The number of nitrogens with zero attached hydrogens (tertiary/aromatic N) is 2. The molecule has 1 saturated heterocycles. The van der Waals surface area contributed by atoms with Crippen molar-refractivity contribution in [2.45, 2.75) is 65.1 Å². The van der Waals surface area contributed by atoms with Gasteiger partial charge in [-0.1, -0.05) is 13.3 Å². The van der Waals surface area contributed by atoms with Crippen LogP contribution < -0.4 is 5.32 Å². The van der Waals surface area contributed by atoms with Gasteiger partial charge in [0.15, 0.2) is 0 Å². The van der Waals surface area contributed by atoms with E-state index in [2.05, 4.69) is 56.8 Å². The molecule has 2 atom stereocenters. The first-order valence-electron chi connectivity index (χ1n) is 7.53. The third kappa shape index (κ3) is 5.25. The molecule has 0 saturated carbocycles. The fraction of sp³-hybridized carbons (Fsp3) is 1.00. The van der Waals surface area contributed by atoms with Crippen LogP contribution in [0.4, 0.5) is 0 Å². The van der Waals surface area contributed by atoms with Gasteiger partial charge in [-0.15, -0.1) is 0 Å².